The molecule has 0 saturated heterocycles. The first kappa shape index (κ1) is 14.2. The standard InChI is InChI=1S/C14H10Cl3NO/c1-8-3-2-4-11(16)13(8)18-14(19)10-6-5-9(15)7-12(10)17/h2-7H,1H3,(H,18,19). The van der Waals surface area contributed by atoms with Gasteiger partial charge in [-0.1, -0.05) is 46.9 Å². The van der Waals surface area contributed by atoms with Crippen LogP contribution in [0.5, 0.6) is 0 Å². The summed E-state index contributed by atoms with van der Waals surface area (Å²) in [6.45, 7) is 1.87. The molecule has 0 aliphatic heterocycles. The predicted molar refractivity (Wildman–Crippen MR) is 80.6 cm³/mol. The van der Waals surface area contributed by atoms with Crippen LogP contribution in [0.15, 0.2) is 36.4 Å². The van der Waals surface area contributed by atoms with E-state index in [1.807, 2.05) is 19.1 Å². The van der Waals surface area contributed by atoms with Crippen LogP contribution in [-0.2, 0) is 0 Å². The first-order chi connectivity index (χ1) is 8.99. The summed E-state index contributed by atoms with van der Waals surface area (Å²) in [6.07, 6.45) is 0. The van der Waals surface area contributed by atoms with E-state index in [4.69, 9.17) is 34.8 Å². The number of rotatable bonds is 2. The number of hydrogen-bond donors (Lipinski definition) is 1. The number of nitrogens with one attached hydrogen (secondary N) is 1. The maximum atomic E-state index is 12.2. The summed E-state index contributed by atoms with van der Waals surface area (Å²) < 4.78 is 0. The second-order valence-corrected chi connectivity index (χ2v) is 5.26. The maximum absolute atomic E-state index is 12.2. The molecule has 2 aromatic rings. The molecule has 1 N–H and O–H groups in total. The number of halogens is 3. The van der Waals surface area contributed by atoms with Crippen molar-refractivity contribution in [3.8, 4) is 0 Å². The number of hydrogen-bond acceptors (Lipinski definition) is 1. The van der Waals surface area contributed by atoms with Crippen LogP contribution in [0.1, 0.15) is 15.9 Å². The summed E-state index contributed by atoms with van der Waals surface area (Å²) in [7, 11) is 0. The lowest BCUT2D eigenvalue weighted by molar-refractivity contribution is 0.102. The SMILES string of the molecule is Cc1cccc(Cl)c1NC(=O)c1ccc(Cl)cc1Cl. The Morgan fingerprint density at radius 3 is 2.42 bits per heavy atom. The highest BCUT2D eigenvalue weighted by molar-refractivity contribution is 6.37. The van der Waals surface area contributed by atoms with Gasteiger partial charge in [0.05, 0.1) is 21.3 Å². The Bertz CT molecular complexity index is 620. The average Bonchev–Trinajstić information content (AvgIpc) is 2.33. The molecule has 0 heterocycles. The molecule has 0 spiro atoms. The van der Waals surface area contributed by atoms with Gasteiger partial charge in [-0.25, -0.2) is 0 Å². The smallest absolute Gasteiger partial charge is 0.257 e. The second-order valence-electron chi connectivity index (χ2n) is 4.01. The van der Waals surface area contributed by atoms with E-state index in [-0.39, 0.29) is 5.91 Å². The van der Waals surface area contributed by atoms with Gasteiger partial charge >= 0.3 is 0 Å². The number of carbonyl (C=O) groups excluding carboxylic acids is 1. The zero-order valence-electron chi connectivity index (χ0n) is 10.0. The van der Waals surface area contributed by atoms with E-state index in [2.05, 4.69) is 5.32 Å². The van der Waals surface area contributed by atoms with E-state index >= 15 is 0 Å². The molecule has 0 fully saturated rings. The minimum Gasteiger partial charge on any atom is -0.320 e. The van der Waals surface area contributed by atoms with Crippen LogP contribution in [0, 0.1) is 6.92 Å². The van der Waals surface area contributed by atoms with Crippen LogP contribution in [0.2, 0.25) is 15.1 Å². The Kier molecular flexibility index (Phi) is 4.35. The first-order valence-electron chi connectivity index (χ1n) is 5.50. The van der Waals surface area contributed by atoms with Gasteiger partial charge in [0, 0.05) is 5.02 Å². The lowest BCUT2D eigenvalue weighted by atomic mass is 10.1. The fourth-order valence-corrected chi connectivity index (χ4v) is 2.41. The van der Waals surface area contributed by atoms with Gasteiger partial charge in [0.1, 0.15) is 0 Å². The monoisotopic (exact) mass is 313 g/mol. The largest absolute Gasteiger partial charge is 0.320 e. The van der Waals surface area contributed by atoms with E-state index in [9.17, 15) is 4.79 Å². The highest BCUT2D eigenvalue weighted by Gasteiger charge is 2.13. The third kappa shape index (κ3) is 3.21. The molecule has 1 amide bonds. The number of anilines is 1. The molecule has 0 aliphatic carbocycles. The molecule has 5 heteroatoms. The molecule has 98 valence electrons. The molecule has 0 radical (unpaired) electrons. The van der Waals surface area contributed by atoms with Crippen molar-refractivity contribution >= 4 is 46.4 Å². The Morgan fingerprint density at radius 2 is 1.79 bits per heavy atom. The molecule has 0 bridgehead atoms. The van der Waals surface area contributed by atoms with Crippen LogP contribution >= 0.6 is 34.8 Å². The van der Waals surface area contributed by atoms with Gasteiger partial charge < -0.3 is 5.32 Å². The highest BCUT2D eigenvalue weighted by Crippen LogP contribution is 2.27. The van der Waals surface area contributed by atoms with E-state index in [0.717, 1.165) is 5.56 Å². The molecule has 19 heavy (non-hydrogen) atoms. The average molecular weight is 315 g/mol. The maximum Gasteiger partial charge on any atom is 0.257 e. The van der Waals surface area contributed by atoms with Gasteiger partial charge in [-0.15, -0.1) is 0 Å². The van der Waals surface area contributed by atoms with Crippen molar-refractivity contribution in [2.45, 2.75) is 6.92 Å². The Morgan fingerprint density at radius 1 is 1.05 bits per heavy atom. The summed E-state index contributed by atoms with van der Waals surface area (Å²) in [6, 6.07) is 10.1. The third-order valence-electron chi connectivity index (χ3n) is 2.64. The zero-order chi connectivity index (χ0) is 14.0. The molecule has 0 saturated carbocycles. The van der Waals surface area contributed by atoms with Crippen LogP contribution < -0.4 is 5.32 Å². The van der Waals surface area contributed by atoms with Crippen molar-refractivity contribution in [2.75, 3.05) is 5.32 Å². The number of carbonyl (C=O) groups is 1. The molecule has 0 unspecified atom stereocenters. The summed E-state index contributed by atoms with van der Waals surface area (Å²) in [4.78, 5) is 12.2. The van der Waals surface area contributed by atoms with E-state index < -0.39 is 0 Å². The van der Waals surface area contributed by atoms with Crippen LogP contribution in [0.3, 0.4) is 0 Å². The van der Waals surface area contributed by atoms with E-state index in [1.54, 1.807) is 18.2 Å². The van der Waals surface area contributed by atoms with Gasteiger partial charge in [0.15, 0.2) is 0 Å². The Labute approximate surface area is 126 Å². The molecular formula is C14H10Cl3NO. The Balaban J connectivity index is 2.31. The normalized spacial score (nSPS) is 10.3. The fraction of sp³-hybridized carbons (Fsp3) is 0.0714. The van der Waals surface area contributed by atoms with E-state index in [1.165, 1.54) is 6.07 Å². The number of para-hydroxylation sites is 1. The number of amides is 1. The van der Waals surface area contributed by atoms with Crippen molar-refractivity contribution in [1.29, 1.82) is 0 Å². The summed E-state index contributed by atoms with van der Waals surface area (Å²) in [5.41, 5.74) is 1.82. The quantitative estimate of drug-likeness (QED) is 0.810. The van der Waals surface area contributed by atoms with Gasteiger partial charge in [-0.2, -0.15) is 0 Å². The first-order valence-corrected chi connectivity index (χ1v) is 6.64. The lowest BCUT2D eigenvalue weighted by Crippen LogP contribution is -2.13. The molecular weight excluding hydrogens is 305 g/mol. The summed E-state index contributed by atoms with van der Waals surface area (Å²) in [5.74, 6) is -0.321. The lowest BCUT2D eigenvalue weighted by Gasteiger charge is -2.11. The Hall–Kier alpha value is -1.22. The molecule has 2 aromatic carbocycles. The van der Waals surface area contributed by atoms with Crippen LogP contribution in [0.4, 0.5) is 5.69 Å². The topological polar surface area (TPSA) is 29.1 Å². The van der Waals surface area contributed by atoms with Crippen molar-refractivity contribution in [1.82, 2.24) is 0 Å². The minimum absolute atomic E-state index is 0.301. The molecule has 0 atom stereocenters. The van der Waals surface area contributed by atoms with Crippen molar-refractivity contribution in [2.24, 2.45) is 0 Å². The van der Waals surface area contributed by atoms with Gasteiger partial charge in [0.25, 0.3) is 5.91 Å². The van der Waals surface area contributed by atoms with E-state index in [0.29, 0.717) is 26.3 Å². The van der Waals surface area contributed by atoms with Crippen LogP contribution in [-0.4, -0.2) is 5.91 Å². The molecule has 0 aliphatic rings. The van der Waals surface area contributed by atoms with Crippen molar-refractivity contribution < 1.29 is 4.79 Å². The molecule has 0 aromatic heterocycles. The summed E-state index contributed by atoms with van der Waals surface area (Å²) in [5, 5.41) is 4.02. The third-order valence-corrected chi connectivity index (χ3v) is 3.50. The van der Waals surface area contributed by atoms with Gasteiger partial charge in [-0.05, 0) is 36.8 Å². The number of aryl methyl sites for hydroxylation is 1. The van der Waals surface area contributed by atoms with Crippen molar-refractivity contribution in [3.63, 3.8) is 0 Å². The van der Waals surface area contributed by atoms with Crippen molar-refractivity contribution in [3.05, 3.63) is 62.6 Å². The minimum atomic E-state index is -0.321. The highest BCUT2D eigenvalue weighted by atomic mass is 35.5. The number of benzene rings is 2. The predicted octanol–water partition coefficient (Wildman–Crippen LogP) is 5.21. The fourth-order valence-electron chi connectivity index (χ4n) is 1.64. The van der Waals surface area contributed by atoms with Gasteiger partial charge in [0.2, 0.25) is 0 Å². The zero-order valence-corrected chi connectivity index (χ0v) is 12.3. The van der Waals surface area contributed by atoms with Gasteiger partial charge in [-0.3, -0.25) is 4.79 Å². The molecule has 2 rings (SSSR count). The second kappa shape index (κ2) is 5.83. The molecule has 2 nitrogen and oxygen atoms in total. The van der Waals surface area contributed by atoms with Crippen LogP contribution in [0.25, 0.3) is 0 Å². The summed E-state index contributed by atoms with van der Waals surface area (Å²) >= 11 is 17.8.